The molecule has 0 fully saturated rings. The summed E-state index contributed by atoms with van der Waals surface area (Å²) in [7, 11) is 0. The Morgan fingerprint density at radius 3 is 1.61 bits per heavy atom. The summed E-state index contributed by atoms with van der Waals surface area (Å²) in [5.41, 5.74) is 18.9. The molecule has 3 aromatic rings. The van der Waals surface area contributed by atoms with E-state index < -0.39 is 108 Å². The van der Waals surface area contributed by atoms with Crippen LogP contribution in [0.5, 0.6) is 0 Å². The number of carboxylic acids is 1. The smallest absolute Gasteiger partial charge is 0.303 e. The van der Waals surface area contributed by atoms with Crippen LogP contribution >= 0.6 is 11.8 Å². The van der Waals surface area contributed by atoms with Crippen molar-refractivity contribution in [3.8, 4) is 0 Å². The Kier molecular flexibility index (Phi) is 34.9. The van der Waals surface area contributed by atoms with Crippen LogP contribution in [0.15, 0.2) is 43.0 Å². The van der Waals surface area contributed by atoms with Crippen LogP contribution < -0.4 is 54.4 Å². The van der Waals surface area contributed by atoms with Crippen molar-refractivity contribution >= 4 is 81.8 Å². The zero-order valence-electron chi connectivity index (χ0n) is 50.4. The fourth-order valence-corrected chi connectivity index (χ4v) is 10.3. The van der Waals surface area contributed by atoms with Gasteiger partial charge in [0.25, 0.3) is 0 Å². The molecule has 0 spiro atoms. The fraction of sp³-hybridized carbons (Fsp3) is 0.650. The highest BCUT2D eigenvalue weighted by Gasteiger charge is 2.35. The van der Waals surface area contributed by atoms with Crippen molar-refractivity contribution in [3.05, 3.63) is 54.2 Å². The van der Waals surface area contributed by atoms with Crippen molar-refractivity contribution in [1.29, 1.82) is 0 Å². The molecule has 2 aromatic heterocycles. The molecule has 7 atom stereocenters. The third-order valence-electron chi connectivity index (χ3n) is 14.7. The van der Waals surface area contributed by atoms with Crippen molar-refractivity contribution in [2.45, 2.75) is 224 Å². The number of nitrogens with one attached hydrogen (secondary N) is 9. The van der Waals surface area contributed by atoms with Gasteiger partial charge >= 0.3 is 5.97 Å². The summed E-state index contributed by atoms with van der Waals surface area (Å²) in [6, 6.07) is -1.92. The summed E-state index contributed by atoms with van der Waals surface area (Å²) in [6.45, 7) is 6.07. The number of aromatic nitrogens is 3. The predicted molar refractivity (Wildman–Crippen MR) is 328 cm³/mol. The van der Waals surface area contributed by atoms with Crippen LogP contribution in [-0.4, -0.2) is 140 Å². The van der Waals surface area contributed by atoms with Crippen LogP contribution in [0.4, 0.5) is 0 Å². The Labute approximate surface area is 504 Å². The van der Waals surface area contributed by atoms with Crippen LogP contribution in [-0.2, 0) is 60.8 Å². The van der Waals surface area contributed by atoms with Crippen LogP contribution in [0.1, 0.15) is 180 Å². The molecule has 85 heavy (non-hydrogen) atoms. The second kappa shape index (κ2) is 41.1. The molecule has 3 rings (SSSR count). The molecule has 1 aromatic carbocycles. The lowest BCUT2D eigenvalue weighted by atomic mass is 10.00. The van der Waals surface area contributed by atoms with E-state index in [-0.39, 0.29) is 70.3 Å². The normalized spacial score (nSPS) is 13.8. The van der Waals surface area contributed by atoms with Crippen LogP contribution in [0.3, 0.4) is 0 Å². The van der Waals surface area contributed by atoms with Gasteiger partial charge in [0.15, 0.2) is 0 Å². The zero-order chi connectivity index (χ0) is 62.5. The minimum absolute atomic E-state index is 0.0126. The van der Waals surface area contributed by atoms with Crippen LogP contribution in [0, 0.1) is 5.92 Å². The van der Waals surface area contributed by atoms with Gasteiger partial charge in [-0.1, -0.05) is 116 Å². The number of carbonyl (C=O) groups excluding carboxylic acids is 9. The minimum Gasteiger partial charge on any atom is -0.481 e. The molecule has 0 aliphatic carbocycles. The van der Waals surface area contributed by atoms with Crippen LogP contribution in [0.2, 0.25) is 0 Å². The number of rotatable bonds is 47. The summed E-state index contributed by atoms with van der Waals surface area (Å²) in [4.78, 5) is 146. The number of H-pyrrole nitrogens is 2. The fourth-order valence-electron chi connectivity index (χ4n) is 9.84. The summed E-state index contributed by atoms with van der Waals surface area (Å²) < 4.78 is 0. The van der Waals surface area contributed by atoms with Gasteiger partial charge in [-0.25, -0.2) is 4.98 Å². The second-order valence-electron chi connectivity index (χ2n) is 22.4. The van der Waals surface area contributed by atoms with Crippen LogP contribution in [0.25, 0.3) is 10.9 Å². The van der Waals surface area contributed by atoms with E-state index in [1.165, 1.54) is 75.7 Å². The number of nitrogens with zero attached hydrogens (tertiary/aromatic N) is 1. The average molecular weight is 1210 g/mol. The number of amides is 9. The number of carboxylic acid groups (broad SMARTS) is 1. The van der Waals surface area contributed by atoms with E-state index >= 15 is 0 Å². The zero-order valence-corrected chi connectivity index (χ0v) is 51.2. The number of hydrogen-bond donors (Lipinski definition) is 13. The minimum atomic E-state index is -1.49. The van der Waals surface area contributed by atoms with Gasteiger partial charge in [-0.05, 0) is 87.5 Å². The van der Waals surface area contributed by atoms with Gasteiger partial charge in [0, 0.05) is 61.1 Å². The topological polar surface area (TPSA) is 398 Å². The van der Waals surface area contributed by atoms with E-state index in [2.05, 4.69) is 59.1 Å². The highest BCUT2D eigenvalue weighted by Crippen LogP contribution is 2.20. The number of fused-ring (bicyclic) bond motifs is 1. The van der Waals surface area contributed by atoms with Gasteiger partial charge in [0.1, 0.15) is 42.3 Å². The number of benzene rings is 1. The van der Waals surface area contributed by atoms with E-state index in [9.17, 15) is 53.1 Å². The Morgan fingerprint density at radius 1 is 0.565 bits per heavy atom. The molecule has 0 saturated carbocycles. The highest BCUT2D eigenvalue weighted by molar-refractivity contribution is 7.98. The lowest BCUT2D eigenvalue weighted by molar-refractivity contribution is -0.138. The molecule has 16 N–H and O–H groups in total. The number of thioether (sulfide) groups is 1. The number of imidazole rings is 1. The van der Waals surface area contributed by atoms with Gasteiger partial charge in [0.05, 0.1) is 6.33 Å². The number of primary amides is 2. The molecule has 25 heteroatoms. The number of aliphatic carboxylic acids is 1. The van der Waals surface area contributed by atoms with Gasteiger partial charge in [-0.3, -0.25) is 47.9 Å². The van der Waals surface area contributed by atoms with Crippen molar-refractivity contribution in [2.75, 3.05) is 18.6 Å². The maximum absolute atomic E-state index is 14.5. The largest absolute Gasteiger partial charge is 0.481 e. The number of carbonyl (C=O) groups is 10. The molecular weight excluding hydrogens is 1110 g/mol. The highest BCUT2D eigenvalue weighted by atomic mass is 32.2. The molecule has 0 unspecified atom stereocenters. The van der Waals surface area contributed by atoms with Crippen molar-refractivity contribution < 1.29 is 53.1 Å². The van der Waals surface area contributed by atoms with Crippen molar-refractivity contribution in [3.63, 3.8) is 0 Å². The number of para-hydroxylation sites is 1. The Morgan fingerprint density at radius 2 is 1.07 bits per heavy atom. The molecular formula is C60H97N13O11S. The molecule has 0 radical (unpaired) electrons. The summed E-state index contributed by atoms with van der Waals surface area (Å²) in [5, 5.41) is 29.2. The summed E-state index contributed by atoms with van der Waals surface area (Å²) >= 11 is 1.44. The number of unbranched alkanes of at least 4 members (excludes halogenated alkanes) is 13. The van der Waals surface area contributed by atoms with E-state index in [0.29, 0.717) is 36.3 Å². The second-order valence-corrected chi connectivity index (χ2v) is 23.3. The Balaban J connectivity index is 1.82. The van der Waals surface area contributed by atoms with Gasteiger partial charge in [0.2, 0.25) is 53.2 Å². The molecule has 0 saturated heterocycles. The number of hydrogen-bond acceptors (Lipinski definition) is 13. The lowest BCUT2D eigenvalue weighted by Gasteiger charge is -2.28. The molecule has 24 nitrogen and oxygen atoms in total. The summed E-state index contributed by atoms with van der Waals surface area (Å²) in [5.74, 6) is -7.81. The Bertz CT molecular complexity index is 2540. The molecule has 474 valence electrons. The van der Waals surface area contributed by atoms with Gasteiger partial charge < -0.3 is 69.5 Å². The van der Waals surface area contributed by atoms with E-state index in [0.717, 1.165) is 36.6 Å². The van der Waals surface area contributed by atoms with Crippen molar-refractivity contribution in [1.82, 2.24) is 52.2 Å². The van der Waals surface area contributed by atoms with E-state index in [1.807, 2.05) is 44.4 Å². The first-order valence-corrected chi connectivity index (χ1v) is 31.8. The lowest BCUT2D eigenvalue weighted by Crippen LogP contribution is -2.60. The van der Waals surface area contributed by atoms with Crippen molar-refractivity contribution in [2.24, 2.45) is 23.1 Å². The number of nitrogens with two attached hydrogens (primary N) is 3. The maximum atomic E-state index is 14.5. The first-order valence-electron chi connectivity index (χ1n) is 30.4. The maximum Gasteiger partial charge on any atom is 0.303 e. The standard InChI is InChI=1S/C60H97N13O11S/c1-5-6-7-8-9-10-11-12-13-14-15-16-17-25-52(75)67-46(27-29-53(76)77)56(80)73-50(35-41-37-64-38-66-41)60(84)71-48(33-39(2)3)58(82)69-45(24-20-21-31-61)55(79)70-47(26-28-51(62)74)57(81)72-49(59(83)68-44(54(63)78)30-32-85-4)34-40-36-65-43-23-19-18-22-42(40)43/h18-19,22-23,36-39,44-50,65H,5-17,20-21,24-35,61H2,1-4H3,(H2,62,74)(H2,63,78)(H,64,66)(H,67,75)(H,68,83)(H,69,82)(H,70,79)(H,71,84)(H,72,81)(H,73,80)(H,76,77)/t44-,45-,46-,47-,48-,49-,50-/m0/s1. The first-order chi connectivity index (χ1) is 40.8. The SMILES string of the molecule is CCCCCCCCCCCCCCCC(=O)N[C@@H](CCC(=O)O)C(=O)N[C@@H](Cc1cnc[nH]1)C(=O)N[C@@H](CC(C)C)C(=O)N[C@@H](CCCCN)C(=O)N[C@@H](CCC(N)=O)C(=O)N[C@@H](Cc1c[nH]c2ccccc12)C(=O)N[C@@H](CCSC)C(N)=O. The Hall–Kier alpha value is -7.02. The van der Waals surface area contributed by atoms with Gasteiger partial charge in [-0.15, -0.1) is 0 Å². The molecule has 0 bridgehead atoms. The molecule has 9 amide bonds. The predicted octanol–water partition coefficient (Wildman–Crippen LogP) is 4.09. The monoisotopic (exact) mass is 1210 g/mol. The van der Waals surface area contributed by atoms with E-state index in [4.69, 9.17) is 17.2 Å². The molecule has 0 aliphatic heterocycles. The number of aromatic amines is 2. The quantitative estimate of drug-likeness (QED) is 0.0354. The average Bonchev–Trinajstić information content (AvgIpc) is 4.34. The van der Waals surface area contributed by atoms with Gasteiger partial charge in [-0.2, -0.15) is 11.8 Å². The summed E-state index contributed by atoms with van der Waals surface area (Å²) in [6.07, 6.45) is 20.5. The van der Waals surface area contributed by atoms with E-state index in [1.54, 1.807) is 6.20 Å². The third kappa shape index (κ3) is 29.1. The first kappa shape index (κ1) is 72.2. The molecule has 2 heterocycles. The third-order valence-corrected chi connectivity index (χ3v) is 15.3. The molecule has 0 aliphatic rings.